The van der Waals surface area contributed by atoms with Gasteiger partial charge in [-0.3, -0.25) is 14.9 Å². The Kier molecular flexibility index (Phi) is 4.02. The fourth-order valence-corrected chi connectivity index (χ4v) is 2.42. The number of aromatic nitrogens is 1. The number of pyridine rings is 1. The Morgan fingerprint density at radius 3 is 2.90 bits per heavy atom. The SMILES string of the molecule is CNc1ccc([N+](=O)[O-])c(N2CCCCC2C(N)=O)n1. The van der Waals surface area contributed by atoms with Crippen LogP contribution in [0.4, 0.5) is 17.3 Å². The summed E-state index contributed by atoms with van der Waals surface area (Å²) in [5.41, 5.74) is 5.28. The first-order valence-electron chi connectivity index (χ1n) is 6.43. The predicted octanol–water partition coefficient (Wildman–Crippen LogP) is 0.876. The number of nitrogens with two attached hydrogens (primary N) is 1. The molecule has 1 aliphatic rings. The minimum absolute atomic E-state index is 0.114. The summed E-state index contributed by atoms with van der Waals surface area (Å²) in [5, 5.41) is 14.0. The van der Waals surface area contributed by atoms with E-state index in [1.165, 1.54) is 12.1 Å². The van der Waals surface area contributed by atoms with Crippen molar-refractivity contribution in [2.24, 2.45) is 5.73 Å². The van der Waals surface area contributed by atoms with Gasteiger partial charge >= 0.3 is 5.69 Å². The standard InChI is InChI=1S/C12H17N5O3/c1-14-10-6-5-9(17(19)20)12(15-10)16-7-3-2-4-8(16)11(13)18/h5-6,8H,2-4,7H2,1H3,(H2,13,18)(H,14,15). The first kappa shape index (κ1) is 14.0. The van der Waals surface area contributed by atoms with E-state index in [-0.39, 0.29) is 11.5 Å². The summed E-state index contributed by atoms with van der Waals surface area (Å²) in [7, 11) is 1.68. The minimum Gasteiger partial charge on any atom is -0.373 e. The molecule has 2 heterocycles. The maximum absolute atomic E-state index is 11.5. The molecule has 8 heteroatoms. The van der Waals surface area contributed by atoms with Crippen molar-refractivity contribution in [3.63, 3.8) is 0 Å². The summed E-state index contributed by atoms with van der Waals surface area (Å²) in [6.07, 6.45) is 2.33. The highest BCUT2D eigenvalue weighted by Crippen LogP contribution is 2.32. The Bertz CT molecular complexity index is 534. The molecule has 0 saturated carbocycles. The van der Waals surface area contributed by atoms with Crippen LogP contribution in [0.2, 0.25) is 0 Å². The average Bonchev–Trinajstić information content (AvgIpc) is 2.46. The summed E-state index contributed by atoms with van der Waals surface area (Å²) in [6, 6.07) is 2.38. The fourth-order valence-electron chi connectivity index (χ4n) is 2.42. The third-order valence-corrected chi connectivity index (χ3v) is 3.41. The first-order valence-corrected chi connectivity index (χ1v) is 6.43. The molecular formula is C12H17N5O3. The van der Waals surface area contributed by atoms with Gasteiger partial charge in [0.05, 0.1) is 4.92 Å². The van der Waals surface area contributed by atoms with Gasteiger partial charge in [-0.2, -0.15) is 0 Å². The fraction of sp³-hybridized carbons (Fsp3) is 0.500. The molecule has 8 nitrogen and oxygen atoms in total. The lowest BCUT2D eigenvalue weighted by Crippen LogP contribution is -2.48. The molecule has 0 bridgehead atoms. The van der Waals surface area contributed by atoms with Gasteiger partial charge in [0.15, 0.2) is 0 Å². The van der Waals surface area contributed by atoms with Gasteiger partial charge in [-0.25, -0.2) is 4.98 Å². The van der Waals surface area contributed by atoms with Gasteiger partial charge in [0.1, 0.15) is 11.9 Å². The molecule has 108 valence electrons. The number of rotatable bonds is 4. The van der Waals surface area contributed by atoms with E-state index in [1.54, 1.807) is 11.9 Å². The van der Waals surface area contributed by atoms with E-state index in [2.05, 4.69) is 10.3 Å². The van der Waals surface area contributed by atoms with Crippen LogP contribution in [0.3, 0.4) is 0 Å². The molecule has 1 saturated heterocycles. The lowest BCUT2D eigenvalue weighted by molar-refractivity contribution is -0.384. The van der Waals surface area contributed by atoms with Crippen LogP contribution in [-0.4, -0.2) is 35.4 Å². The van der Waals surface area contributed by atoms with E-state index in [4.69, 9.17) is 5.73 Å². The highest BCUT2D eigenvalue weighted by Gasteiger charge is 2.32. The molecule has 1 aromatic rings. The van der Waals surface area contributed by atoms with Gasteiger partial charge in [0, 0.05) is 19.7 Å². The lowest BCUT2D eigenvalue weighted by atomic mass is 10.0. The molecule has 2 rings (SSSR count). The highest BCUT2D eigenvalue weighted by molar-refractivity contribution is 5.84. The van der Waals surface area contributed by atoms with Crippen LogP contribution in [0, 0.1) is 10.1 Å². The first-order chi connectivity index (χ1) is 9.54. The Morgan fingerprint density at radius 2 is 2.30 bits per heavy atom. The molecule has 1 fully saturated rings. The number of anilines is 2. The van der Waals surface area contributed by atoms with Crippen molar-refractivity contribution in [2.75, 3.05) is 23.8 Å². The number of hydrogen-bond donors (Lipinski definition) is 2. The van der Waals surface area contributed by atoms with Crippen molar-refractivity contribution in [1.82, 2.24) is 4.98 Å². The van der Waals surface area contributed by atoms with Crippen LogP contribution in [0.5, 0.6) is 0 Å². The average molecular weight is 279 g/mol. The van der Waals surface area contributed by atoms with E-state index in [9.17, 15) is 14.9 Å². The largest absolute Gasteiger partial charge is 0.373 e. The maximum atomic E-state index is 11.5. The number of hydrogen-bond acceptors (Lipinski definition) is 6. The monoisotopic (exact) mass is 279 g/mol. The Morgan fingerprint density at radius 1 is 1.55 bits per heavy atom. The van der Waals surface area contributed by atoms with Crippen LogP contribution in [0.15, 0.2) is 12.1 Å². The number of piperidine rings is 1. The van der Waals surface area contributed by atoms with Gasteiger partial charge in [0.2, 0.25) is 11.7 Å². The lowest BCUT2D eigenvalue weighted by Gasteiger charge is -2.34. The van der Waals surface area contributed by atoms with Crippen molar-refractivity contribution in [3.8, 4) is 0 Å². The molecule has 0 radical (unpaired) electrons. The number of amides is 1. The van der Waals surface area contributed by atoms with E-state index < -0.39 is 16.9 Å². The normalized spacial score (nSPS) is 18.6. The number of carbonyl (C=O) groups excluding carboxylic acids is 1. The van der Waals surface area contributed by atoms with Crippen LogP contribution in [0.25, 0.3) is 0 Å². The number of nitrogens with one attached hydrogen (secondary N) is 1. The maximum Gasteiger partial charge on any atom is 0.311 e. The molecule has 3 N–H and O–H groups in total. The molecule has 0 aliphatic carbocycles. The minimum atomic E-state index is -0.540. The van der Waals surface area contributed by atoms with Gasteiger partial charge in [-0.1, -0.05) is 0 Å². The Hall–Kier alpha value is -2.38. The van der Waals surface area contributed by atoms with E-state index in [0.29, 0.717) is 18.8 Å². The topological polar surface area (TPSA) is 114 Å². The van der Waals surface area contributed by atoms with Gasteiger partial charge in [0.25, 0.3) is 0 Å². The third-order valence-electron chi connectivity index (χ3n) is 3.41. The highest BCUT2D eigenvalue weighted by atomic mass is 16.6. The summed E-state index contributed by atoms with van der Waals surface area (Å²) < 4.78 is 0. The van der Waals surface area contributed by atoms with E-state index >= 15 is 0 Å². The van der Waals surface area contributed by atoms with Crippen molar-refractivity contribution in [1.29, 1.82) is 0 Å². The zero-order chi connectivity index (χ0) is 14.7. The van der Waals surface area contributed by atoms with Gasteiger partial charge in [-0.15, -0.1) is 0 Å². The number of nitro groups is 1. The van der Waals surface area contributed by atoms with Crippen molar-refractivity contribution in [2.45, 2.75) is 25.3 Å². The molecule has 1 unspecified atom stereocenters. The molecule has 1 aliphatic heterocycles. The molecule has 1 amide bonds. The van der Waals surface area contributed by atoms with Crippen LogP contribution in [-0.2, 0) is 4.79 Å². The predicted molar refractivity (Wildman–Crippen MR) is 74.6 cm³/mol. The Labute approximate surface area is 116 Å². The molecule has 1 atom stereocenters. The number of carbonyl (C=O) groups is 1. The van der Waals surface area contributed by atoms with E-state index in [0.717, 1.165) is 12.8 Å². The van der Waals surface area contributed by atoms with Crippen LogP contribution >= 0.6 is 0 Å². The smallest absolute Gasteiger partial charge is 0.311 e. The van der Waals surface area contributed by atoms with Crippen molar-refractivity contribution >= 4 is 23.2 Å². The zero-order valence-corrected chi connectivity index (χ0v) is 11.2. The van der Waals surface area contributed by atoms with E-state index in [1.807, 2.05) is 0 Å². The molecule has 1 aromatic heterocycles. The Balaban J connectivity index is 2.47. The van der Waals surface area contributed by atoms with Crippen LogP contribution in [0.1, 0.15) is 19.3 Å². The number of primary amides is 1. The van der Waals surface area contributed by atoms with Crippen molar-refractivity contribution in [3.05, 3.63) is 22.2 Å². The van der Waals surface area contributed by atoms with Crippen molar-refractivity contribution < 1.29 is 9.72 Å². The number of nitrogens with zero attached hydrogens (tertiary/aromatic N) is 3. The third kappa shape index (κ3) is 2.63. The summed E-state index contributed by atoms with van der Waals surface area (Å²) in [6.45, 7) is 0.536. The summed E-state index contributed by atoms with van der Waals surface area (Å²) in [5.74, 6) is 0.236. The van der Waals surface area contributed by atoms with Crippen LogP contribution < -0.4 is 16.0 Å². The summed E-state index contributed by atoms with van der Waals surface area (Å²) in [4.78, 5) is 28.1. The van der Waals surface area contributed by atoms with Gasteiger partial charge < -0.3 is 16.0 Å². The zero-order valence-electron chi connectivity index (χ0n) is 11.2. The summed E-state index contributed by atoms with van der Waals surface area (Å²) >= 11 is 0. The molecular weight excluding hydrogens is 262 g/mol. The quantitative estimate of drug-likeness (QED) is 0.624. The van der Waals surface area contributed by atoms with Gasteiger partial charge in [-0.05, 0) is 25.3 Å². The second kappa shape index (κ2) is 5.72. The second-order valence-electron chi connectivity index (χ2n) is 4.65. The second-order valence-corrected chi connectivity index (χ2v) is 4.65. The molecule has 0 spiro atoms. The molecule has 0 aromatic carbocycles. The molecule has 20 heavy (non-hydrogen) atoms.